The monoisotopic (exact) mass is 526 g/mol. The van der Waals surface area contributed by atoms with Crippen molar-refractivity contribution in [2.75, 3.05) is 0 Å². The van der Waals surface area contributed by atoms with Gasteiger partial charge in [-0.3, -0.25) is 0 Å². The lowest BCUT2D eigenvalue weighted by Gasteiger charge is -2.48. The van der Waals surface area contributed by atoms with Crippen molar-refractivity contribution in [1.82, 2.24) is 0 Å². The number of benzene rings is 1. The largest absolute Gasteiger partial charge is 0.508 e. The summed E-state index contributed by atoms with van der Waals surface area (Å²) in [5.74, 6) is 3.13. The fourth-order valence-corrected chi connectivity index (χ4v) is 7.39. The third-order valence-electron chi connectivity index (χ3n) is 9.75. The van der Waals surface area contributed by atoms with Crippen LogP contribution < -0.4 is 4.74 Å². The van der Waals surface area contributed by atoms with Gasteiger partial charge in [-0.15, -0.1) is 0 Å². The second-order valence-corrected chi connectivity index (χ2v) is 13.6. The van der Waals surface area contributed by atoms with E-state index in [0.29, 0.717) is 17.6 Å². The molecule has 1 aromatic carbocycles. The molecule has 3 atom stereocenters. The first-order valence-electron chi connectivity index (χ1n) is 17.0. The van der Waals surface area contributed by atoms with E-state index in [1.54, 1.807) is 0 Å². The number of aromatic hydroxyl groups is 1. The summed E-state index contributed by atoms with van der Waals surface area (Å²) in [6.45, 7) is 9.17. The van der Waals surface area contributed by atoms with Crippen LogP contribution in [0.4, 0.5) is 0 Å². The van der Waals surface area contributed by atoms with Gasteiger partial charge in [-0.05, 0) is 69.1 Å². The minimum atomic E-state index is -0.142. The van der Waals surface area contributed by atoms with Crippen LogP contribution in [-0.2, 0) is 6.42 Å². The van der Waals surface area contributed by atoms with Crippen molar-refractivity contribution in [2.24, 2.45) is 11.8 Å². The van der Waals surface area contributed by atoms with E-state index in [-0.39, 0.29) is 5.60 Å². The molecule has 1 unspecified atom stereocenters. The van der Waals surface area contributed by atoms with Gasteiger partial charge in [0.2, 0.25) is 0 Å². The Morgan fingerprint density at radius 2 is 1.24 bits per heavy atom. The van der Waals surface area contributed by atoms with Gasteiger partial charge in [-0.25, -0.2) is 0 Å². The first-order valence-corrected chi connectivity index (χ1v) is 17.0. The van der Waals surface area contributed by atoms with Gasteiger partial charge < -0.3 is 9.84 Å². The average molecular weight is 527 g/mol. The molecule has 1 heterocycles. The molecule has 0 bridgehead atoms. The van der Waals surface area contributed by atoms with Crippen LogP contribution in [0.25, 0.3) is 0 Å². The summed E-state index contributed by atoms with van der Waals surface area (Å²) in [6, 6.07) is 4.30. The standard InChI is InChI=1S/C36H62O2/c1-5-6-7-8-9-10-11-12-13-14-15-16-17-18-19-20-21-22-23-30-27-33(37)35-31-26-29(2)24-25-32(31)36(3,4)38-34(35)28-30/h27-29,31-32,37H,5-26H2,1-4H3/t29?,31-,32+/m1/s1. The van der Waals surface area contributed by atoms with Gasteiger partial charge in [0.25, 0.3) is 0 Å². The van der Waals surface area contributed by atoms with Crippen LogP contribution >= 0.6 is 0 Å². The molecule has 0 radical (unpaired) electrons. The normalized spacial score (nSPS) is 22.1. The van der Waals surface area contributed by atoms with Crippen molar-refractivity contribution in [2.45, 2.75) is 180 Å². The molecular weight excluding hydrogens is 464 g/mol. The van der Waals surface area contributed by atoms with Crippen LogP contribution in [0.3, 0.4) is 0 Å². The van der Waals surface area contributed by atoms with Gasteiger partial charge in [0.05, 0.1) is 0 Å². The number of phenolic OH excluding ortho intramolecular Hbond substituents is 1. The summed E-state index contributed by atoms with van der Waals surface area (Å²) in [7, 11) is 0. The molecule has 2 nitrogen and oxygen atoms in total. The Balaban J connectivity index is 1.22. The number of hydrogen-bond donors (Lipinski definition) is 1. The number of unbranched alkanes of at least 4 members (excludes halogenated alkanes) is 17. The minimum absolute atomic E-state index is 0.142. The Kier molecular flexibility index (Phi) is 13.9. The van der Waals surface area contributed by atoms with Crippen LogP contribution in [0, 0.1) is 11.8 Å². The number of fused-ring (bicyclic) bond motifs is 3. The Morgan fingerprint density at radius 3 is 1.76 bits per heavy atom. The second kappa shape index (κ2) is 16.8. The first-order chi connectivity index (χ1) is 18.4. The quantitative estimate of drug-likeness (QED) is 0.182. The van der Waals surface area contributed by atoms with Gasteiger partial charge in [0.15, 0.2) is 0 Å². The lowest BCUT2D eigenvalue weighted by molar-refractivity contribution is -0.0145. The third kappa shape index (κ3) is 10.1. The van der Waals surface area contributed by atoms with Gasteiger partial charge in [0.1, 0.15) is 17.1 Å². The third-order valence-corrected chi connectivity index (χ3v) is 9.75. The van der Waals surface area contributed by atoms with Gasteiger partial charge in [-0.1, -0.05) is 129 Å². The molecule has 2 heteroatoms. The Labute approximate surface area is 236 Å². The zero-order valence-electron chi connectivity index (χ0n) is 25.8. The van der Waals surface area contributed by atoms with Crippen LogP contribution in [0.2, 0.25) is 0 Å². The molecule has 0 spiro atoms. The van der Waals surface area contributed by atoms with Crippen molar-refractivity contribution in [1.29, 1.82) is 0 Å². The van der Waals surface area contributed by atoms with Crippen molar-refractivity contribution in [3.8, 4) is 11.5 Å². The highest BCUT2D eigenvalue weighted by Gasteiger charge is 2.47. The lowest BCUT2D eigenvalue weighted by atomic mass is 9.64. The van der Waals surface area contributed by atoms with Crippen molar-refractivity contribution in [3.63, 3.8) is 0 Å². The molecule has 0 aromatic heterocycles. The van der Waals surface area contributed by atoms with E-state index in [4.69, 9.17) is 4.74 Å². The maximum absolute atomic E-state index is 11.0. The first kappa shape index (κ1) is 31.3. The highest BCUT2D eigenvalue weighted by molar-refractivity contribution is 5.52. The molecule has 1 aromatic rings. The van der Waals surface area contributed by atoms with E-state index >= 15 is 0 Å². The van der Waals surface area contributed by atoms with Crippen LogP contribution in [0.5, 0.6) is 11.5 Å². The highest BCUT2D eigenvalue weighted by Crippen LogP contribution is 2.55. The van der Waals surface area contributed by atoms with Crippen molar-refractivity contribution < 1.29 is 9.84 Å². The molecule has 1 aliphatic heterocycles. The number of ether oxygens (including phenoxy) is 1. The number of phenols is 1. The predicted molar refractivity (Wildman–Crippen MR) is 165 cm³/mol. The van der Waals surface area contributed by atoms with E-state index < -0.39 is 0 Å². The predicted octanol–water partition coefficient (Wildman–Crippen LogP) is 11.7. The fraction of sp³-hybridized carbons (Fsp3) is 0.833. The maximum atomic E-state index is 11.0. The summed E-state index contributed by atoms with van der Waals surface area (Å²) in [4.78, 5) is 0. The maximum Gasteiger partial charge on any atom is 0.127 e. The van der Waals surface area contributed by atoms with E-state index in [1.165, 1.54) is 140 Å². The molecule has 3 rings (SSSR count). The molecular formula is C36H62O2. The summed E-state index contributed by atoms with van der Waals surface area (Å²) in [5, 5.41) is 11.0. The molecule has 0 amide bonds. The average Bonchev–Trinajstić information content (AvgIpc) is 2.87. The summed E-state index contributed by atoms with van der Waals surface area (Å²) in [6.07, 6.45) is 30.1. The summed E-state index contributed by atoms with van der Waals surface area (Å²) in [5.41, 5.74) is 2.20. The molecule has 1 saturated carbocycles. The smallest absolute Gasteiger partial charge is 0.127 e. The van der Waals surface area contributed by atoms with E-state index in [1.807, 2.05) is 6.07 Å². The van der Waals surface area contributed by atoms with Crippen LogP contribution in [0.1, 0.15) is 180 Å². The second-order valence-electron chi connectivity index (χ2n) is 13.6. The topological polar surface area (TPSA) is 29.5 Å². The Morgan fingerprint density at radius 1 is 0.737 bits per heavy atom. The zero-order valence-corrected chi connectivity index (χ0v) is 25.8. The van der Waals surface area contributed by atoms with E-state index in [0.717, 1.165) is 23.7 Å². The molecule has 0 saturated heterocycles. The van der Waals surface area contributed by atoms with E-state index in [9.17, 15) is 5.11 Å². The Bertz CT molecular complexity index is 782. The zero-order chi connectivity index (χ0) is 27.2. The lowest BCUT2D eigenvalue weighted by Crippen LogP contribution is -2.46. The van der Waals surface area contributed by atoms with E-state index in [2.05, 4.69) is 33.8 Å². The molecule has 1 N–H and O–H groups in total. The van der Waals surface area contributed by atoms with Crippen LogP contribution in [-0.4, -0.2) is 10.7 Å². The van der Waals surface area contributed by atoms with Gasteiger partial charge in [-0.2, -0.15) is 0 Å². The summed E-state index contributed by atoms with van der Waals surface area (Å²) < 4.78 is 6.53. The van der Waals surface area contributed by atoms with Gasteiger partial charge in [0, 0.05) is 11.5 Å². The molecule has 1 aliphatic carbocycles. The number of hydrogen-bond acceptors (Lipinski definition) is 2. The van der Waals surface area contributed by atoms with Gasteiger partial charge >= 0.3 is 0 Å². The SMILES string of the molecule is CCCCCCCCCCCCCCCCCCCCc1cc(O)c2c(c1)OC(C)(C)[C@H]1CCC(C)C[C@@H]21. The molecule has 38 heavy (non-hydrogen) atoms. The fourth-order valence-electron chi connectivity index (χ4n) is 7.39. The van der Waals surface area contributed by atoms with Crippen molar-refractivity contribution >= 4 is 0 Å². The minimum Gasteiger partial charge on any atom is -0.508 e. The number of aryl methyl sites for hydroxylation is 1. The summed E-state index contributed by atoms with van der Waals surface area (Å²) >= 11 is 0. The molecule has 1 fully saturated rings. The molecule has 218 valence electrons. The van der Waals surface area contributed by atoms with Crippen LogP contribution in [0.15, 0.2) is 12.1 Å². The Hall–Kier alpha value is -1.18. The van der Waals surface area contributed by atoms with Crippen molar-refractivity contribution in [3.05, 3.63) is 23.3 Å². The molecule has 2 aliphatic rings. The highest BCUT2D eigenvalue weighted by atomic mass is 16.5. The number of rotatable bonds is 19.